The molecule has 0 N–H and O–H groups in total. The molecule has 0 atom stereocenters. The summed E-state index contributed by atoms with van der Waals surface area (Å²) in [4.78, 5) is 4.31. The number of pyridine rings is 1. The van der Waals surface area contributed by atoms with Crippen LogP contribution < -0.4 is 0 Å². The van der Waals surface area contributed by atoms with E-state index in [1.165, 1.54) is 19.0 Å². The van der Waals surface area contributed by atoms with Gasteiger partial charge in [0, 0.05) is 6.20 Å². The minimum Gasteiger partial charge on any atom is -0.244 e. The molecule has 0 bridgehead atoms. The summed E-state index contributed by atoms with van der Waals surface area (Å²) in [6.07, 6.45) is 8.03. The van der Waals surface area contributed by atoms with Crippen molar-refractivity contribution in [1.29, 1.82) is 5.26 Å². The lowest BCUT2D eigenvalue weighted by Gasteiger charge is -2.10. The molecule has 3 rings (SSSR count). The zero-order chi connectivity index (χ0) is 11.8. The molecule has 5 heteroatoms. The van der Waals surface area contributed by atoms with Gasteiger partial charge in [0.15, 0.2) is 5.65 Å². The van der Waals surface area contributed by atoms with Gasteiger partial charge in [-0.15, -0.1) is 0 Å². The fourth-order valence-electron chi connectivity index (χ4n) is 2.46. The molecule has 17 heavy (non-hydrogen) atoms. The Morgan fingerprint density at radius 2 is 2.12 bits per heavy atom. The normalized spacial score (nSPS) is 16.5. The second kappa shape index (κ2) is 4.01. The number of rotatable bonds is 1. The Kier molecular flexibility index (Phi) is 2.49. The molecule has 1 aliphatic rings. The van der Waals surface area contributed by atoms with Crippen LogP contribution in [-0.2, 0) is 0 Å². The highest BCUT2D eigenvalue weighted by atomic mass is 35.5. The lowest BCUT2D eigenvalue weighted by atomic mass is 10.2. The third-order valence-corrected chi connectivity index (χ3v) is 3.76. The predicted molar refractivity (Wildman–Crippen MR) is 64.8 cm³/mol. The number of nitrogens with zero attached hydrogens (tertiary/aromatic N) is 4. The van der Waals surface area contributed by atoms with E-state index >= 15 is 0 Å². The van der Waals surface area contributed by atoms with E-state index in [4.69, 9.17) is 16.9 Å². The quantitative estimate of drug-likeness (QED) is 0.777. The van der Waals surface area contributed by atoms with Gasteiger partial charge in [0.2, 0.25) is 0 Å². The van der Waals surface area contributed by atoms with Gasteiger partial charge in [0.25, 0.3) is 0 Å². The van der Waals surface area contributed by atoms with Crippen LogP contribution in [-0.4, -0.2) is 14.8 Å². The Balaban J connectivity index is 2.17. The molecule has 0 unspecified atom stereocenters. The van der Waals surface area contributed by atoms with Crippen LogP contribution in [0, 0.1) is 11.3 Å². The van der Waals surface area contributed by atoms with Crippen LogP contribution in [0.5, 0.6) is 0 Å². The molecule has 2 aromatic rings. The SMILES string of the molecule is N#Cc1cnc2c(cnn2C2CCCC2)c1Cl. The van der Waals surface area contributed by atoms with Crippen molar-refractivity contribution < 1.29 is 0 Å². The number of hydrogen-bond donors (Lipinski definition) is 0. The Bertz CT molecular complexity index is 605. The lowest BCUT2D eigenvalue weighted by Crippen LogP contribution is -2.06. The van der Waals surface area contributed by atoms with Crippen molar-refractivity contribution in [1.82, 2.24) is 14.8 Å². The maximum atomic E-state index is 8.89. The monoisotopic (exact) mass is 246 g/mol. The van der Waals surface area contributed by atoms with E-state index in [0.717, 1.165) is 23.9 Å². The van der Waals surface area contributed by atoms with Crippen molar-refractivity contribution in [3.8, 4) is 6.07 Å². The highest BCUT2D eigenvalue weighted by Crippen LogP contribution is 2.33. The first kappa shape index (κ1) is 10.5. The van der Waals surface area contributed by atoms with E-state index in [2.05, 4.69) is 10.1 Å². The molecular weight excluding hydrogens is 236 g/mol. The maximum absolute atomic E-state index is 8.89. The number of halogens is 1. The van der Waals surface area contributed by atoms with Gasteiger partial charge < -0.3 is 0 Å². The fraction of sp³-hybridized carbons (Fsp3) is 0.417. The van der Waals surface area contributed by atoms with Gasteiger partial charge in [0.05, 0.1) is 28.2 Å². The highest BCUT2D eigenvalue weighted by molar-refractivity contribution is 6.36. The van der Waals surface area contributed by atoms with Crippen LogP contribution in [0.25, 0.3) is 11.0 Å². The molecule has 0 aromatic carbocycles. The fourth-order valence-corrected chi connectivity index (χ4v) is 2.69. The molecule has 0 spiro atoms. The van der Waals surface area contributed by atoms with Crippen molar-refractivity contribution in [2.75, 3.05) is 0 Å². The summed E-state index contributed by atoms with van der Waals surface area (Å²) in [5, 5.41) is 14.5. The van der Waals surface area contributed by atoms with Crippen molar-refractivity contribution in [3.63, 3.8) is 0 Å². The summed E-state index contributed by atoms with van der Waals surface area (Å²) in [5.41, 5.74) is 1.20. The Morgan fingerprint density at radius 3 is 2.82 bits per heavy atom. The molecule has 4 nitrogen and oxygen atoms in total. The van der Waals surface area contributed by atoms with Gasteiger partial charge in [-0.05, 0) is 12.8 Å². The molecule has 1 fully saturated rings. The first-order chi connectivity index (χ1) is 8.31. The number of nitriles is 1. The summed E-state index contributed by atoms with van der Waals surface area (Å²) in [5.74, 6) is 0. The largest absolute Gasteiger partial charge is 0.244 e. The van der Waals surface area contributed by atoms with Gasteiger partial charge in [0.1, 0.15) is 6.07 Å². The van der Waals surface area contributed by atoms with Gasteiger partial charge in [-0.1, -0.05) is 24.4 Å². The summed E-state index contributed by atoms with van der Waals surface area (Å²) in [6.45, 7) is 0. The standard InChI is InChI=1S/C12H11ClN4/c13-11-8(5-14)6-15-12-10(11)7-16-17(12)9-3-1-2-4-9/h6-7,9H,1-4H2. The first-order valence-corrected chi connectivity index (χ1v) is 6.11. The number of fused-ring (bicyclic) bond motifs is 1. The van der Waals surface area contributed by atoms with Crippen molar-refractivity contribution in [2.24, 2.45) is 0 Å². The number of hydrogen-bond acceptors (Lipinski definition) is 3. The minimum absolute atomic E-state index is 0.408. The predicted octanol–water partition coefficient (Wildman–Crippen LogP) is 3.07. The van der Waals surface area contributed by atoms with Gasteiger partial charge in [-0.2, -0.15) is 10.4 Å². The Hall–Kier alpha value is -1.60. The minimum atomic E-state index is 0.408. The Labute approximate surface area is 104 Å². The molecule has 2 heterocycles. The topological polar surface area (TPSA) is 54.5 Å². The molecule has 0 amide bonds. The van der Waals surface area contributed by atoms with Crippen LogP contribution in [0.3, 0.4) is 0 Å². The molecule has 0 saturated heterocycles. The van der Waals surface area contributed by atoms with E-state index < -0.39 is 0 Å². The van der Waals surface area contributed by atoms with Crippen LogP contribution in [0.1, 0.15) is 37.3 Å². The summed E-state index contributed by atoms with van der Waals surface area (Å²) < 4.78 is 1.95. The number of aromatic nitrogens is 3. The first-order valence-electron chi connectivity index (χ1n) is 5.73. The summed E-state index contributed by atoms with van der Waals surface area (Å²) >= 11 is 6.15. The lowest BCUT2D eigenvalue weighted by molar-refractivity contribution is 0.478. The van der Waals surface area contributed by atoms with Crippen LogP contribution >= 0.6 is 11.6 Å². The van der Waals surface area contributed by atoms with Crippen molar-refractivity contribution in [3.05, 3.63) is 23.0 Å². The molecule has 1 saturated carbocycles. The summed E-state index contributed by atoms with van der Waals surface area (Å²) in [6, 6.07) is 2.47. The van der Waals surface area contributed by atoms with E-state index in [1.807, 2.05) is 10.8 Å². The van der Waals surface area contributed by atoms with Crippen LogP contribution in [0.2, 0.25) is 5.02 Å². The zero-order valence-corrected chi connectivity index (χ0v) is 9.98. The van der Waals surface area contributed by atoms with Crippen molar-refractivity contribution in [2.45, 2.75) is 31.7 Å². The molecule has 0 radical (unpaired) electrons. The van der Waals surface area contributed by atoms with Crippen LogP contribution in [0.15, 0.2) is 12.4 Å². The van der Waals surface area contributed by atoms with E-state index in [-0.39, 0.29) is 0 Å². The molecule has 0 aliphatic heterocycles. The van der Waals surface area contributed by atoms with Gasteiger partial charge in [-0.3, -0.25) is 0 Å². The second-order valence-corrected chi connectivity index (χ2v) is 4.74. The molecule has 86 valence electrons. The third kappa shape index (κ3) is 1.58. The second-order valence-electron chi connectivity index (χ2n) is 4.36. The van der Waals surface area contributed by atoms with Gasteiger partial charge >= 0.3 is 0 Å². The Morgan fingerprint density at radius 1 is 1.35 bits per heavy atom. The average molecular weight is 247 g/mol. The van der Waals surface area contributed by atoms with Crippen LogP contribution in [0.4, 0.5) is 0 Å². The van der Waals surface area contributed by atoms with E-state index in [1.54, 1.807) is 6.20 Å². The van der Waals surface area contributed by atoms with Crippen molar-refractivity contribution >= 4 is 22.6 Å². The molecule has 2 aromatic heterocycles. The summed E-state index contributed by atoms with van der Waals surface area (Å²) in [7, 11) is 0. The van der Waals surface area contributed by atoms with E-state index in [0.29, 0.717) is 16.6 Å². The van der Waals surface area contributed by atoms with E-state index in [9.17, 15) is 0 Å². The average Bonchev–Trinajstić information content (AvgIpc) is 2.97. The maximum Gasteiger partial charge on any atom is 0.159 e. The molecular formula is C12H11ClN4. The highest BCUT2D eigenvalue weighted by Gasteiger charge is 2.21. The zero-order valence-electron chi connectivity index (χ0n) is 9.23. The smallest absolute Gasteiger partial charge is 0.159 e. The third-order valence-electron chi connectivity index (χ3n) is 3.35. The molecule has 1 aliphatic carbocycles. The van der Waals surface area contributed by atoms with Gasteiger partial charge in [-0.25, -0.2) is 9.67 Å².